The van der Waals surface area contributed by atoms with Crippen molar-refractivity contribution in [1.82, 2.24) is 0 Å². The summed E-state index contributed by atoms with van der Waals surface area (Å²) in [5.74, 6) is -0.0676. The second-order valence-electron chi connectivity index (χ2n) is 3.92. The average Bonchev–Trinajstić information content (AvgIpc) is 2.36. The van der Waals surface area contributed by atoms with Crippen LogP contribution in [0.3, 0.4) is 0 Å². The number of carbonyl (C=O) groups excluding carboxylic acids is 1. The second kappa shape index (κ2) is 6.91. The summed E-state index contributed by atoms with van der Waals surface area (Å²) in [4.78, 5) is 11.8. The van der Waals surface area contributed by atoms with Crippen LogP contribution in [-0.2, 0) is 4.79 Å². The zero-order valence-electron chi connectivity index (χ0n) is 9.99. The number of nitrogens with one attached hydrogen (secondary N) is 2. The largest absolute Gasteiger partial charge is 0.376 e. The zero-order valence-corrected chi connectivity index (χ0v) is 13.7. The number of anilines is 2. The molecule has 98 valence electrons. The molecule has 1 amide bonds. The van der Waals surface area contributed by atoms with Crippen LogP contribution in [0.15, 0.2) is 53.0 Å². The van der Waals surface area contributed by atoms with E-state index in [-0.39, 0.29) is 12.5 Å². The maximum Gasteiger partial charge on any atom is 0.243 e. The van der Waals surface area contributed by atoms with E-state index in [1.54, 1.807) is 0 Å². The standard InChI is InChI=1S/C14H12BrIN2O/c15-10-3-1-5-12(7-10)17-9-14(19)18-13-6-2-4-11(16)8-13/h1-8,17H,9H2,(H,18,19). The minimum atomic E-state index is -0.0676. The molecule has 0 atom stereocenters. The maximum absolute atomic E-state index is 11.8. The average molecular weight is 431 g/mol. The topological polar surface area (TPSA) is 41.1 Å². The van der Waals surface area contributed by atoms with Crippen molar-refractivity contribution in [3.8, 4) is 0 Å². The summed E-state index contributed by atoms with van der Waals surface area (Å²) < 4.78 is 2.07. The van der Waals surface area contributed by atoms with Gasteiger partial charge in [0, 0.05) is 19.4 Å². The summed E-state index contributed by atoms with van der Waals surface area (Å²) in [6.07, 6.45) is 0. The van der Waals surface area contributed by atoms with Crippen LogP contribution in [0.5, 0.6) is 0 Å². The first-order valence-corrected chi connectivity index (χ1v) is 7.55. The molecule has 3 nitrogen and oxygen atoms in total. The van der Waals surface area contributed by atoms with E-state index in [9.17, 15) is 4.79 Å². The van der Waals surface area contributed by atoms with Gasteiger partial charge in [0.25, 0.3) is 0 Å². The Morgan fingerprint density at radius 2 is 1.84 bits per heavy atom. The number of hydrogen-bond donors (Lipinski definition) is 2. The van der Waals surface area contributed by atoms with Crippen LogP contribution in [0.4, 0.5) is 11.4 Å². The normalized spacial score (nSPS) is 10.0. The molecule has 0 aliphatic heterocycles. The number of rotatable bonds is 4. The quantitative estimate of drug-likeness (QED) is 0.717. The van der Waals surface area contributed by atoms with Crippen LogP contribution >= 0.6 is 38.5 Å². The van der Waals surface area contributed by atoms with E-state index in [1.165, 1.54) is 0 Å². The van der Waals surface area contributed by atoms with Gasteiger partial charge in [-0.05, 0) is 59.0 Å². The van der Waals surface area contributed by atoms with Gasteiger partial charge in [0.05, 0.1) is 6.54 Å². The molecule has 0 radical (unpaired) electrons. The number of hydrogen-bond acceptors (Lipinski definition) is 2. The Labute approximate surface area is 134 Å². The lowest BCUT2D eigenvalue weighted by atomic mass is 10.3. The van der Waals surface area contributed by atoms with Gasteiger partial charge in [-0.15, -0.1) is 0 Å². The summed E-state index contributed by atoms with van der Waals surface area (Å²) in [7, 11) is 0. The maximum atomic E-state index is 11.8. The fraction of sp³-hybridized carbons (Fsp3) is 0.0714. The monoisotopic (exact) mass is 430 g/mol. The first-order valence-electron chi connectivity index (χ1n) is 5.68. The molecule has 19 heavy (non-hydrogen) atoms. The molecule has 0 saturated carbocycles. The molecule has 0 fully saturated rings. The lowest BCUT2D eigenvalue weighted by molar-refractivity contribution is -0.114. The highest BCUT2D eigenvalue weighted by Gasteiger charge is 2.02. The molecule has 0 unspecified atom stereocenters. The Balaban J connectivity index is 1.88. The Morgan fingerprint density at radius 1 is 1.11 bits per heavy atom. The van der Waals surface area contributed by atoms with Gasteiger partial charge in [-0.3, -0.25) is 4.79 Å². The van der Waals surface area contributed by atoms with Crippen LogP contribution in [0.1, 0.15) is 0 Å². The summed E-state index contributed by atoms with van der Waals surface area (Å²) in [6.45, 7) is 0.238. The van der Waals surface area contributed by atoms with Gasteiger partial charge in [0.1, 0.15) is 0 Å². The van der Waals surface area contributed by atoms with Crippen molar-refractivity contribution in [2.75, 3.05) is 17.2 Å². The van der Waals surface area contributed by atoms with E-state index in [1.807, 2.05) is 48.5 Å². The van der Waals surface area contributed by atoms with E-state index in [4.69, 9.17) is 0 Å². The lowest BCUT2D eigenvalue weighted by Crippen LogP contribution is -2.21. The molecule has 2 N–H and O–H groups in total. The molecule has 0 heterocycles. The summed E-state index contributed by atoms with van der Waals surface area (Å²) in [5.41, 5.74) is 1.72. The fourth-order valence-electron chi connectivity index (χ4n) is 1.55. The molecule has 5 heteroatoms. The highest BCUT2D eigenvalue weighted by atomic mass is 127. The van der Waals surface area contributed by atoms with E-state index in [0.717, 1.165) is 19.4 Å². The van der Waals surface area contributed by atoms with Crippen molar-refractivity contribution >= 4 is 55.8 Å². The third kappa shape index (κ3) is 4.83. The van der Waals surface area contributed by atoms with Gasteiger partial charge in [-0.1, -0.05) is 28.1 Å². The molecule has 0 bridgehead atoms. The van der Waals surface area contributed by atoms with E-state index >= 15 is 0 Å². The van der Waals surface area contributed by atoms with Crippen molar-refractivity contribution in [1.29, 1.82) is 0 Å². The Hall–Kier alpha value is -1.08. The fourth-order valence-corrected chi connectivity index (χ4v) is 2.49. The number of halogens is 2. The van der Waals surface area contributed by atoms with Crippen molar-refractivity contribution in [3.63, 3.8) is 0 Å². The van der Waals surface area contributed by atoms with Crippen molar-refractivity contribution in [2.24, 2.45) is 0 Å². The number of amides is 1. The molecule has 0 aliphatic rings. The molecular formula is C14H12BrIN2O. The highest BCUT2D eigenvalue weighted by molar-refractivity contribution is 14.1. The Bertz CT molecular complexity index is 589. The Kier molecular flexibility index (Phi) is 5.21. The number of carbonyl (C=O) groups is 1. The molecule has 0 aromatic heterocycles. The molecule has 0 saturated heterocycles. The SMILES string of the molecule is O=C(CNc1cccc(Br)c1)Nc1cccc(I)c1. The smallest absolute Gasteiger partial charge is 0.243 e. The van der Waals surface area contributed by atoms with Gasteiger partial charge in [-0.2, -0.15) is 0 Å². The predicted octanol–water partition coefficient (Wildman–Crippen LogP) is 4.10. The molecule has 0 aliphatic carbocycles. The molecule has 2 aromatic carbocycles. The van der Waals surface area contributed by atoms with Gasteiger partial charge in [0.2, 0.25) is 5.91 Å². The third-order valence-electron chi connectivity index (χ3n) is 2.39. The van der Waals surface area contributed by atoms with Gasteiger partial charge < -0.3 is 10.6 Å². The molecule has 0 spiro atoms. The van der Waals surface area contributed by atoms with Crippen molar-refractivity contribution in [3.05, 3.63) is 56.6 Å². The zero-order chi connectivity index (χ0) is 13.7. The van der Waals surface area contributed by atoms with Gasteiger partial charge >= 0.3 is 0 Å². The summed E-state index contributed by atoms with van der Waals surface area (Å²) in [6, 6.07) is 15.4. The van der Waals surface area contributed by atoms with Crippen LogP contribution in [0, 0.1) is 3.57 Å². The highest BCUT2D eigenvalue weighted by Crippen LogP contribution is 2.15. The number of benzene rings is 2. The summed E-state index contributed by atoms with van der Waals surface area (Å²) >= 11 is 5.60. The van der Waals surface area contributed by atoms with Gasteiger partial charge in [-0.25, -0.2) is 0 Å². The first kappa shape index (κ1) is 14.3. The third-order valence-corrected chi connectivity index (χ3v) is 3.55. The van der Waals surface area contributed by atoms with Crippen LogP contribution in [-0.4, -0.2) is 12.5 Å². The van der Waals surface area contributed by atoms with Crippen molar-refractivity contribution in [2.45, 2.75) is 0 Å². The predicted molar refractivity (Wildman–Crippen MR) is 90.4 cm³/mol. The van der Waals surface area contributed by atoms with Crippen LogP contribution in [0.25, 0.3) is 0 Å². The lowest BCUT2D eigenvalue weighted by Gasteiger charge is -2.08. The molecule has 2 rings (SSSR count). The second-order valence-corrected chi connectivity index (χ2v) is 6.08. The van der Waals surface area contributed by atoms with E-state index in [2.05, 4.69) is 49.2 Å². The van der Waals surface area contributed by atoms with E-state index < -0.39 is 0 Å². The first-order chi connectivity index (χ1) is 9.13. The van der Waals surface area contributed by atoms with E-state index in [0.29, 0.717) is 0 Å². The molecule has 2 aromatic rings. The Morgan fingerprint density at radius 3 is 2.58 bits per heavy atom. The van der Waals surface area contributed by atoms with Crippen LogP contribution in [0.2, 0.25) is 0 Å². The minimum Gasteiger partial charge on any atom is -0.376 e. The summed E-state index contributed by atoms with van der Waals surface area (Å²) in [5, 5.41) is 5.93. The minimum absolute atomic E-state index is 0.0676. The van der Waals surface area contributed by atoms with Crippen LogP contribution < -0.4 is 10.6 Å². The molecular weight excluding hydrogens is 419 g/mol. The van der Waals surface area contributed by atoms with Gasteiger partial charge in [0.15, 0.2) is 0 Å². The van der Waals surface area contributed by atoms with Crippen molar-refractivity contribution < 1.29 is 4.79 Å².